The number of unbranched alkanes of at least 4 members (excludes halogenated alkanes) is 1. The maximum Gasteiger partial charge on any atom is 0.251 e. The molecule has 110 valence electrons. The first-order chi connectivity index (χ1) is 9.58. The Balaban J connectivity index is 2.51. The number of benzene rings is 1. The van der Waals surface area contributed by atoms with Gasteiger partial charge in [0.15, 0.2) is 0 Å². The van der Waals surface area contributed by atoms with Crippen molar-refractivity contribution in [1.29, 1.82) is 0 Å². The topological polar surface area (TPSA) is 58.2 Å². The maximum absolute atomic E-state index is 12.0. The molecule has 0 bridgehead atoms. The van der Waals surface area contributed by atoms with E-state index in [2.05, 4.69) is 17.6 Å². The average Bonchev–Trinajstić information content (AvgIpc) is 2.47. The van der Waals surface area contributed by atoms with Gasteiger partial charge < -0.3 is 10.6 Å². The van der Waals surface area contributed by atoms with Gasteiger partial charge in [0.2, 0.25) is 5.91 Å². The molecule has 1 atom stereocenters. The van der Waals surface area contributed by atoms with Crippen LogP contribution in [0.5, 0.6) is 0 Å². The number of hydrogen-bond donors (Lipinski definition) is 2. The highest BCUT2D eigenvalue weighted by Gasteiger charge is 2.13. The van der Waals surface area contributed by atoms with Crippen LogP contribution in [0.15, 0.2) is 24.3 Å². The van der Waals surface area contributed by atoms with Crippen LogP contribution in [0, 0.1) is 0 Å². The largest absolute Gasteiger partial charge is 0.355 e. The summed E-state index contributed by atoms with van der Waals surface area (Å²) in [6.07, 6.45) is 2.27. The zero-order valence-corrected chi connectivity index (χ0v) is 13.0. The van der Waals surface area contributed by atoms with Gasteiger partial charge in [0, 0.05) is 18.3 Å². The predicted molar refractivity (Wildman–Crippen MR) is 85.3 cm³/mol. The molecule has 0 aliphatic rings. The van der Waals surface area contributed by atoms with Crippen LogP contribution >= 0.6 is 11.8 Å². The first kappa shape index (κ1) is 16.6. The van der Waals surface area contributed by atoms with E-state index in [4.69, 9.17) is 0 Å². The third kappa shape index (κ3) is 5.25. The molecule has 20 heavy (non-hydrogen) atoms. The van der Waals surface area contributed by atoms with E-state index < -0.39 is 0 Å². The van der Waals surface area contributed by atoms with Crippen LogP contribution in [-0.2, 0) is 4.79 Å². The van der Waals surface area contributed by atoms with Crippen LogP contribution < -0.4 is 10.6 Å². The number of amides is 2. The van der Waals surface area contributed by atoms with E-state index in [0.717, 1.165) is 18.6 Å². The molecule has 0 fully saturated rings. The molecule has 5 heteroatoms. The fourth-order valence-electron chi connectivity index (χ4n) is 1.57. The molecule has 0 saturated carbocycles. The Kier molecular flexibility index (Phi) is 7.15. The van der Waals surface area contributed by atoms with E-state index >= 15 is 0 Å². The third-order valence-electron chi connectivity index (χ3n) is 2.88. The number of hydrogen-bond acceptors (Lipinski definition) is 3. The lowest BCUT2D eigenvalue weighted by Crippen LogP contribution is -2.23. The summed E-state index contributed by atoms with van der Waals surface area (Å²) in [6, 6.07) is 6.88. The number of carbonyl (C=O) groups excluding carboxylic acids is 2. The molecule has 2 amide bonds. The van der Waals surface area contributed by atoms with Crippen LogP contribution in [0.3, 0.4) is 0 Å². The van der Waals surface area contributed by atoms with Crippen molar-refractivity contribution in [1.82, 2.24) is 5.32 Å². The van der Waals surface area contributed by atoms with Gasteiger partial charge in [-0.3, -0.25) is 9.59 Å². The number of rotatable bonds is 7. The minimum atomic E-state index is -0.133. The second-order valence-electron chi connectivity index (χ2n) is 4.51. The van der Waals surface area contributed by atoms with Gasteiger partial charge in [-0.1, -0.05) is 13.3 Å². The molecule has 0 aliphatic carbocycles. The summed E-state index contributed by atoms with van der Waals surface area (Å²) in [5, 5.41) is 5.35. The van der Waals surface area contributed by atoms with Crippen molar-refractivity contribution in [3.63, 3.8) is 0 Å². The van der Waals surface area contributed by atoms with Gasteiger partial charge in [0.1, 0.15) is 0 Å². The normalized spacial score (nSPS) is 11.8. The van der Waals surface area contributed by atoms with Gasteiger partial charge in [-0.25, -0.2) is 0 Å². The first-order valence-electron chi connectivity index (χ1n) is 6.83. The van der Waals surface area contributed by atoms with E-state index in [-0.39, 0.29) is 17.1 Å². The average molecular weight is 294 g/mol. The molecule has 1 rings (SSSR count). The number of thioether (sulfide) groups is 1. The van der Waals surface area contributed by atoms with E-state index in [1.807, 2.05) is 6.92 Å². The Bertz CT molecular complexity index is 446. The summed E-state index contributed by atoms with van der Waals surface area (Å²) >= 11 is 1.66. The van der Waals surface area contributed by atoms with Gasteiger partial charge in [0.05, 0.1) is 5.25 Å². The maximum atomic E-state index is 12.0. The van der Waals surface area contributed by atoms with Crippen molar-refractivity contribution in [2.75, 3.05) is 18.1 Å². The van der Waals surface area contributed by atoms with Crippen LogP contribution in [0.25, 0.3) is 0 Å². The molecule has 0 aromatic heterocycles. The molecule has 0 radical (unpaired) electrons. The van der Waals surface area contributed by atoms with E-state index in [1.165, 1.54) is 0 Å². The Hall–Kier alpha value is -1.49. The van der Waals surface area contributed by atoms with E-state index in [9.17, 15) is 9.59 Å². The second kappa shape index (κ2) is 8.64. The molecule has 1 aromatic rings. The highest BCUT2D eigenvalue weighted by Crippen LogP contribution is 2.16. The first-order valence-corrected chi connectivity index (χ1v) is 7.88. The van der Waals surface area contributed by atoms with Crippen LogP contribution in [0.1, 0.15) is 37.0 Å². The van der Waals surface area contributed by atoms with E-state index in [0.29, 0.717) is 11.3 Å². The van der Waals surface area contributed by atoms with Crippen molar-refractivity contribution in [3.8, 4) is 0 Å². The van der Waals surface area contributed by atoms with E-state index in [1.54, 1.807) is 43.1 Å². The Morgan fingerprint density at radius 1 is 1.25 bits per heavy atom. The summed E-state index contributed by atoms with van der Waals surface area (Å²) in [5.41, 5.74) is 1.29. The Morgan fingerprint density at radius 3 is 2.45 bits per heavy atom. The zero-order valence-electron chi connectivity index (χ0n) is 12.2. The molecule has 0 heterocycles. The summed E-state index contributed by atoms with van der Waals surface area (Å²) in [6.45, 7) is 4.05. The molecule has 1 unspecified atom stereocenters. The molecule has 0 saturated heterocycles. The van der Waals surface area contributed by atoms with Crippen molar-refractivity contribution in [3.05, 3.63) is 29.8 Å². The summed E-state index contributed by atoms with van der Waals surface area (Å²) in [5.74, 6) is 0.867. The highest BCUT2D eigenvalue weighted by atomic mass is 32.2. The van der Waals surface area contributed by atoms with Crippen molar-refractivity contribution in [2.24, 2.45) is 0 Å². The molecule has 0 spiro atoms. The lowest BCUT2D eigenvalue weighted by Gasteiger charge is -2.12. The third-order valence-corrected chi connectivity index (χ3v) is 4.12. The van der Waals surface area contributed by atoms with Gasteiger partial charge in [-0.15, -0.1) is 11.8 Å². The summed E-state index contributed by atoms with van der Waals surface area (Å²) < 4.78 is 0. The fraction of sp³-hybridized carbons (Fsp3) is 0.467. The fourth-order valence-corrected chi connectivity index (χ4v) is 2.59. The quantitative estimate of drug-likeness (QED) is 0.760. The summed E-state index contributed by atoms with van der Waals surface area (Å²) in [7, 11) is 1.59. The lowest BCUT2D eigenvalue weighted by molar-refractivity contribution is -0.115. The van der Waals surface area contributed by atoms with Gasteiger partial charge in [-0.2, -0.15) is 0 Å². The number of anilines is 1. The molecule has 2 N–H and O–H groups in total. The molecular weight excluding hydrogens is 272 g/mol. The standard InChI is InChI=1S/C15H22N2O2S/c1-4-5-10-20-11(2)14(18)17-13-8-6-12(7-9-13)15(19)16-3/h6-9,11H,4-5,10H2,1-3H3,(H,16,19)(H,17,18). The van der Waals surface area contributed by atoms with Crippen molar-refractivity contribution < 1.29 is 9.59 Å². The molecular formula is C15H22N2O2S. The monoisotopic (exact) mass is 294 g/mol. The SMILES string of the molecule is CCCCSC(C)C(=O)Nc1ccc(C(=O)NC)cc1. The smallest absolute Gasteiger partial charge is 0.251 e. The zero-order chi connectivity index (χ0) is 15.0. The Labute approximate surface area is 124 Å². The molecule has 1 aromatic carbocycles. The molecule has 4 nitrogen and oxygen atoms in total. The van der Waals surface area contributed by atoms with Crippen LogP contribution in [0.4, 0.5) is 5.69 Å². The van der Waals surface area contributed by atoms with Crippen LogP contribution in [0.2, 0.25) is 0 Å². The summed E-state index contributed by atoms with van der Waals surface area (Å²) in [4.78, 5) is 23.4. The van der Waals surface area contributed by atoms with Crippen LogP contribution in [-0.4, -0.2) is 29.9 Å². The molecule has 0 aliphatic heterocycles. The van der Waals surface area contributed by atoms with Gasteiger partial charge in [0.25, 0.3) is 5.91 Å². The number of nitrogens with one attached hydrogen (secondary N) is 2. The highest BCUT2D eigenvalue weighted by molar-refractivity contribution is 8.00. The minimum Gasteiger partial charge on any atom is -0.355 e. The minimum absolute atomic E-state index is 0.00111. The number of carbonyl (C=O) groups is 2. The van der Waals surface area contributed by atoms with Gasteiger partial charge in [-0.05, 0) is 43.4 Å². The Morgan fingerprint density at radius 2 is 1.90 bits per heavy atom. The predicted octanol–water partition coefficient (Wildman–Crippen LogP) is 2.91. The lowest BCUT2D eigenvalue weighted by atomic mass is 10.2. The van der Waals surface area contributed by atoms with Crippen molar-refractivity contribution in [2.45, 2.75) is 31.9 Å². The van der Waals surface area contributed by atoms with Crippen molar-refractivity contribution >= 4 is 29.3 Å². The van der Waals surface area contributed by atoms with Gasteiger partial charge >= 0.3 is 0 Å². The second-order valence-corrected chi connectivity index (χ2v) is 5.96.